The number of hydrogen-bond acceptors (Lipinski definition) is 7. The number of carbonyl (C=O) groups excluding carboxylic acids is 3. The Morgan fingerprint density at radius 2 is 1.87 bits per heavy atom. The number of aromatic hydroxyl groups is 1. The number of rotatable bonds is 4. The van der Waals surface area contributed by atoms with E-state index in [-0.39, 0.29) is 53.1 Å². The number of aliphatic hydroxyl groups is 2. The molecule has 38 heavy (non-hydrogen) atoms. The summed E-state index contributed by atoms with van der Waals surface area (Å²) in [5, 5.41) is 31.8. The Bertz CT molecular complexity index is 1250. The van der Waals surface area contributed by atoms with Crippen molar-refractivity contribution < 1.29 is 38.8 Å². The monoisotopic (exact) mass is 536 g/mol. The number of alkyl halides is 1. The van der Waals surface area contributed by atoms with Crippen molar-refractivity contribution in [1.82, 2.24) is 0 Å². The number of fused-ring (bicyclic) bond motifs is 5. The zero-order chi connectivity index (χ0) is 27.0. The van der Waals surface area contributed by atoms with E-state index in [4.69, 9.17) is 4.74 Å². The third-order valence-electron chi connectivity index (χ3n) is 10.1. The molecule has 3 N–H and O–H groups in total. The van der Waals surface area contributed by atoms with Crippen LogP contribution in [-0.2, 0) is 14.3 Å². The first-order valence-electron chi connectivity index (χ1n) is 12.8. The fourth-order valence-electron chi connectivity index (χ4n) is 8.36. The van der Waals surface area contributed by atoms with Crippen molar-refractivity contribution in [3.8, 4) is 5.75 Å². The minimum absolute atomic E-state index is 0. The molecule has 8 atom stereocenters. The van der Waals surface area contributed by atoms with Crippen molar-refractivity contribution in [3.05, 3.63) is 53.6 Å². The summed E-state index contributed by atoms with van der Waals surface area (Å²) >= 11 is 0. The molecule has 0 spiro atoms. The summed E-state index contributed by atoms with van der Waals surface area (Å²) in [6.07, 6.45) is 3.84. The number of esters is 1. The number of phenolic OH excluding ortho intramolecular Hbond substituents is 1. The Morgan fingerprint density at radius 3 is 2.53 bits per heavy atom. The predicted octanol–water partition coefficient (Wildman–Crippen LogP) is 2.82. The molecule has 3 fully saturated rings. The average Bonchev–Trinajstić information content (AvgIpc) is 3.07. The fourth-order valence-corrected chi connectivity index (χ4v) is 8.36. The number of benzene rings is 1. The van der Waals surface area contributed by atoms with E-state index in [0.717, 1.165) is 0 Å². The van der Waals surface area contributed by atoms with Gasteiger partial charge in [-0.2, -0.15) is 0 Å². The fraction of sp³-hybridized carbons (Fsp3) is 0.552. The Labute approximate surface area is 243 Å². The van der Waals surface area contributed by atoms with E-state index in [2.05, 4.69) is 0 Å². The number of phenols is 1. The summed E-state index contributed by atoms with van der Waals surface area (Å²) in [7, 11) is 0. The molecule has 4 aliphatic rings. The van der Waals surface area contributed by atoms with Gasteiger partial charge in [-0.05, 0) is 62.8 Å². The predicted molar refractivity (Wildman–Crippen MR) is 138 cm³/mol. The van der Waals surface area contributed by atoms with Gasteiger partial charge in [0, 0.05) is 22.7 Å². The zero-order valence-corrected chi connectivity index (χ0v) is 21.2. The van der Waals surface area contributed by atoms with E-state index in [1.807, 2.05) is 0 Å². The van der Waals surface area contributed by atoms with Gasteiger partial charge in [0.05, 0.1) is 6.10 Å². The van der Waals surface area contributed by atoms with E-state index in [1.54, 1.807) is 39.0 Å². The van der Waals surface area contributed by atoms with Crippen molar-refractivity contribution >= 4 is 47.1 Å². The van der Waals surface area contributed by atoms with Crippen LogP contribution in [0.3, 0.4) is 0 Å². The normalized spacial score (nSPS) is 41.2. The Morgan fingerprint density at radius 1 is 1.18 bits per heavy atom. The van der Waals surface area contributed by atoms with Crippen molar-refractivity contribution in [3.63, 3.8) is 0 Å². The molecule has 9 heteroatoms. The van der Waals surface area contributed by atoms with Crippen LogP contribution < -0.4 is 0 Å². The Balaban J connectivity index is 0.00000336. The summed E-state index contributed by atoms with van der Waals surface area (Å²) in [6, 6.07) is 5.81. The molecule has 200 valence electrons. The molecule has 3 saturated carbocycles. The van der Waals surface area contributed by atoms with Crippen molar-refractivity contribution in [2.75, 3.05) is 6.61 Å². The van der Waals surface area contributed by atoms with E-state index >= 15 is 4.39 Å². The van der Waals surface area contributed by atoms with Gasteiger partial charge in [0.2, 0.25) is 5.78 Å². The number of ether oxygens (including phenoxy) is 1. The molecular weight excluding hydrogens is 502 g/mol. The van der Waals surface area contributed by atoms with Crippen LogP contribution in [0.15, 0.2) is 48.1 Å². The molecule has 1 aromatic carbocycles. The first kappa shape index (κ1) is 29.2. The van der Waals surface area contributed by atoms with Crippen LogP contribution in [0.25, 0.3) is 0 Å². The third kappa shape index (κ3) is 3.60. The topological polar surface area (TPSA) is 121 Å². The first-order chi connectivity index (χ1) is 17.4. The molecule has 0 amide bonds. The number of Topliss-reactive ketones (excluding diaryl/α,β-unsaturated/α-hetero) is 1. The maximum atomic E-state index is 17.4. The minimum atomic E-state index is -2.10. The molecule has 0 heterocycles. The Hall–Kier alpha value is -1.84. The van der Waals surface area contributed by atoms with Crippen molar-refractivity contribution in [1.29, 1.82) is 0 Å². The van der Waals surface area contributed by atoms with Crippen LogP contribution >= 0.6 is 0 Å². The summed E-state index contributed by atoms with van der Waals surface area (Å²) in [5.41, 5.74) is -5.78. The molecule has 0 bridgehead atoms. The zero-order valence-electron chi connectivity index (χ0n) is 21.2. The number of para-hydroxylation sites is 1. The third-order valence-corrected chi connectivity index (χ3v) is 10.1. The van der Waals surface area contributed by atoms with Crippen molar-refractivity contribution in [2.24, 2.45) is 28.6 Å². The molecule has 4 aliphatic carbocycles. The van der Waals surface area contributed by atoms with Crippen molar-refractivity contribution in [2.45, 2.75) is 63.8 Å². The molecule has 0 unspecified atom stereocenters. The van der Waals surface area contributed by atoms with Gasteiger partial charge in [0.15, 0.2) is 17.1 Å². The quantitative estimate of drug-likeness (QED) is 0.400. The number of halogens is 1. The first-order valence-corrected chi connectivity index (χ1v) is 12.8. The summed E-state index contributed by atoms with van der Waals surface area (Å²) in [6.45, 7) is 4.31. The molecule has 5 rings (SSSR count). The van der Waals surface area contributed by atoms with Crippen LogP contribution in [-0.4, -0.2) is 86.4 Å². The van der Waals surface area contributed by atoms with Gasteiger partial charge in [0.25, 0.3) is 0 Å². The number of aliphatic hydroxyl groups excluding tert-OH is 2. The standard InChI is InChI=1S/C29H33FO7.Na.H/c1-16-12-21-20-9-8-17-13-18(32)10-11-26(17,2)28(20,30)23(34)14-27(21,3)29(16,24(35)15-31)37-25(36)19-6-4-5-7-22(19)33;;/h4-7,10-11,13,16,20-21,23,31,33-34H,8-9,12,14-15H2,1-3H3;;/t16-,20-,21-,23-,26-,27-,28-,29-;;/m0../s1. The molecule has 0 saturated heterocycles. The summed E-state index contributed by atoms with van der Waals surface area (Å²) in [4.78, 5) is 38.9. The molecular formula is C29H34FNaO7. The van der Waals surface area contributed by atoms with Gasteiger partial charge in [0.1, 0.15) is 17.9 Å². The van der Waals surface area contributed by atoms with E-state index in [1.165, 1.54) is 24.3 Å². The van der Waals surface area contributed by atoms with Gasteiger partial charge >= 0.3 is 35.5 Å². The van der Waals surface area contributed by atoms with Gasteiger partial charge in [-0.3, -0.25) is 9.59 Å². The van der Waals surface area contributed by atoms with Gasteiger partial charge in [-0.1, -0.05) is 37.6 Å². The molecule has 0 radical (unpaired) electrons. The summed E-state index contributed by atoms with van der Waals surface area (Å²) in [5.74, 6) is -3.86. The van der Waals surface area contributed by atoms with Crippen LogP contribution in [0.2, 0.25) is 0 Å². The van der Waals surface area contributed by atoms with E-state index in [0.29, 0.717) is 24.8 Å². The second-order valence-electron chi connectivity index (χ2n) is 11.6. The number of allylic oxidation sites excluding steroid dienone is 4. The molecule has 1 aromatic rings. The molecule has 7 nitrogen and oxygen atoms in total. The number of carbonyl (C=O) groups is 3. The SMILES string of the molecule is C[C@H]1C[C@H]2[C@@H]3CCC4=CC(=O)C=C[C@]4(C)[C@@]3(F)[C@@H](O)C[C@]2(C)[C@@]1(OC(=O)c1ccccc1O)C(=O)CO.[NaH]. The van der Waals surface area contributed by atoms with Crippen LogP contribution in [0.1, 0.15) is 56.8 Å². The maximum absolute atomic E-state index is 17.4. The van der Waals surface area contributed by atoms with Crippen LogP contribution in [0.5, 0.6) is 5.75 Å². The Kier molecular flexibility index (Phi) is 7.41. The van der Waals surface area contributed by atoms with E-state index < -0.39 is 64.3 Å². The average molecular weight is 537 g/mol. The van der Waals surface area contributed by atoms with E-state index in [9.17, 15) is 29.7 Å². The van der Waals surface area contributed by atoms with Gasteiger partial charge in [-0.25, -0.2) is 9.18 Å². The number of ketones is 2. The number of hydrogen-bond donors (Lipinski definition) is 3. The summed E-state index contributed by atoms with van der Waals surface area (Å²) < 4.78 is 23.4. The van der Waals surface area contributed by atoms with Crippen LogP contribution in [0, 0.1) is 28.6 Å². The molecule has 0 aliphatic heterocycles. The van der Waals surface area contributed by atoms with Gasteiger partial charge < -0.3 is 20.1 Å². The molecule has 0 aromatic heterocycles. The van der Waals surface area contributed by atoms with Crippen LogP contribution in [0.4, 0.5) is 4.39 Å². The second-order valence-corrected chi connectivity index (χ2v) is 11.6. The van der Waals surface area contributed by atoms with Gasteiger partial charge in [-0.15, -0.1) is 0 Å². The second kappa shape index (κ2) is 9.66.